The lowest BCUT2D eigenvalue weighted by molar-refractivity contribution is -0.153. The zero-order chi connectivity index (χ0) is 23.8. The number of halogens is 2. The van der Waals surface area contributed by atoms with Crippen LogP contribution in [0.2, 0.25) is 0 Å². The molecule has 8 heteroatoms. The second-order valence-electron chi connectivity index (χ2n) is 9.02. The molecule has 6 nitrogen and oxygen atoms in total. The van der Waals surface area contributed by atoms with E-state index in [-0.39, 0.29) is 43.8 Å². The van der Waals surface area contributed by atoms with Gasteiger partial charge in [-0.15, -0.1) is 0 Å². The maximum absolute atomic E-state index is 14.9. The van der Waals surface area contributed by atoms with Crippen LogP contribution < -0.4 is 0 Å². The SMILES string of the molecule is CC(C)(COCC(=O)N1CCc2c(n(Cc3cccc(F)c3)c3c(F)cccc23)C1)C(=O)O. The van der Waals surface area contributed by atoms with Crippen molar-refractivity contribution in [2.45, 2.75) is 33.4 Å². The Morgan fingerprint density at radius 3 is 2.64 bits per heavy atom. The summed E-state index contributed by atoms with van der Waals surface area (Å²) in [5.74, 6) is -1.99. The molecule has 3 aromatic rings. The number of carbonyl (C=O) groups is 2. The molecule has 174 valence electrons. The van der Waals surface area contributed by atoms with Crippen molar-refractivity contribution in [3.8, 4) is 0 Å². The first-order valence-electron chi connectivity index (χ1n) is 10.8. The number of carboxylic acids is 1. The highest BCUT2D eigenvalue weighted by Gasteiger charge is 2.30. The van der Waals surface area contributed by atoms with Gasteiger partial charge < -0.3 is 19.3 Å². The van der Waals surface area contributed by atoms with Crippen molar-refractivity contribution >= 4 is 22.8 Å². The molecule has 0 unspecified atom stereocenters. The molecule has 1 amide bonds. The molecule has 2 aromatic carbocycles. The van der Waals surface area contributed by atoms with Crippen LogP contribution in [-0.2, 0) is 33.8 Å². The fourth-order valence-electron chi connectivity index (χ4n) is 4.20. The van der Waals surface area contributed by atoms with Gasteiger partial charge in [-0.25, -0.2) is 8.78 Å². The minimum atomic E-state index is -1.09. The van der Waals surface area contributed by atoms with Crippen molar-refractivity contribution < 1.29 is 28.2 Å². The predicted octanol–water partition coefficient (Wildman–Crippen LogP) is 3.98. The molecule has 0 atom stereocenters. The van der Waals surface area contributed by atoms with Crippen LogP contribution in [0.15, 0.2) is 42.5 Å². The molecule has 2 heterocycles. The number of fused-ring (bicyclic) bond motifs is 3. The number of hydrogen-bond acceptors (Lipinski definition) is 3. The van der Waals surface area contributed by atoms with Crippen molar-refractivity contribution in [2.75, 3.05) is 19.8 Å². The minimum Gasteiger partial charge on any atom is -0.481 e. The molecule has 1 aliphatic rings. The molecule has 4 rings (SSSR count). The Balaban J connectivity index is 1.60. The van der Waals surface area contributed by atoms with Gasteiger partial charge in [0.2, 0.25) is 5.91 Å². The third-order valence-electron chi connectivity index (χ3n) is 6.08. The van der Waals surface area contributed by atoms with E-state index in [4.69, 9.17) is 4.74 Å². The van der Waals surface area contributed by atoms with Gasteiger partial charge in [0, 0.05) is 24.2 Å². The van der Waals surface area contributed by atoms with Crippen LogP contribution in [0.3, 0.4) is 0 Å². The van der Waals surface area contributed by atoms with Gasteiger partial charge in [-0.05, 0) is 49.6 Å². The Morgan fingerprint density at radius 1 is 1.15 bits per heavy atom. The van der Waals surface area contributed by atoms with Gasteiger partial charge in [-0.1, -0.05) is 24.3 Å². The zero-order valence-corrected chi connectivity index (χ0v) is 18.6. The highest BCUT2D eigenvalue weighted by atomic mass is 19.1. The molecular formula is C25H26F2N2O4. The topological polar surface area (TPSA) is 71.8 Å². The number of nitrogens with zero attached hydrogens (tertiary/aromatic N) is 2. The Hall–Kier alpha value is -3.26. The molecule has 0 radical (unpaired) electrons. The number of aromatic nitrogens is 1. The molecule has 0 spiro atoms. The predicted molar refractivity (Wildman–Crippen MR) is 119 cm³/mol. The normalized spacial score (nSPS) is 13.9. The number of hydrogen-bond donors (Lipinski definition) is 1. The van der Waals surface area contributed by atoms with E-state index < -0.39 is 11.4 Å². The van der Waals surface area contributed by atoms with Crippen molar-refractivity contribution in [3.63, 3.8) is 0 Å². The first kappa shape index (κ1) is 22.9. The second-order valence-corrected chi connectivity index (χ2v) is 9.02. The molecule has 1 N–H and O–H groups in total. The van der Waals surface area contributed by atoms with E-state index in [0.717, 1.165) is 16.6 Å². The molecule has 0 fully saturated rings. The number of aliphatic carboxylic acids is 1. The third kappa shape index (κ3) is 4.61. The van der Waals surface area contributed by atoms with Crippen LogP contribution in [0, 0.1) is 17.0 Å². The smallest absolute Gasteiger partial charge is 0.311 e. The largest absolute Gasteiger partial charge is 0.481 e. The molecule has 0 saturated carbocycles. The van der Waals surface area contributed by atoms with Crippen LogP contribution in [0.4, 0.5) is 8.78 Å². The number of benzene rings is 2. The van der Waals surface area contributed by atoms with Gasteiger partial charge >= 0.3 is 5.97 Å². The van der Waals surface area contributed by atoms with E-state index in [9.17, 15) is 23.5 Å². The molecule has 0 saturated heterocycles. The Kier molecular flexibility index (Phi) is 6.21. The van der Waals surface area contributed by atoms with Gasteiger partial charge in [0.1, 0.15) is 18.2 Å². The monoisotopic (exact) mass is 456 g/mol. The molecule has 0 aliphatic carbocycles. The maximum atomic E-state index is 14.9. The zero-order valence-electron chi connectivity index (χ0n) is 18.6. The lowest BCUT2D eigenvalue weighted by Crippen LogP contribution is -2.40. The molecule has 1 aliphatic heterocycles. The summed E-state index contributed by atoms with van der Waals surface area (Å²) in [5.41, 5.74) is 1.84. The summed E-state index contributed by atoms with van der Waals surface area (Å²) in [6.45, 7) is 3.74. The van der Waals surface area contributed by atoms with E-state index >= 15 is 0 Å². The van der Waals surface area contributed by atoms with Crippen LogP contribution >= 0.6 is 0 Å². The number of carboxylic acid groups (broad SMARTS) is 1. The third-order valence-corrected chi connectivity index (χ3v) is 6.08. The van der Waals surface area contributed by atoms with Gasteiger partial charge in [0.15, 0.2) is 0 Å². The highest BCUT2D eigenvalue weighted by molar-refractivity contribution is 5.87. The van der Waals surface area contributed by atoms with Crippen LogP contribution in [0.1, 0.15) is 30.7 Å². The summed E-state index contributed by atoms with van der Waals surface area (Å²) in [4.78, 5) is 25.6. The Bertz CT molecular complexity index is 1220. The van der Waals surface area contributed by atoms with Gasteiger partial charge in [-0.3, -0.25) is 9.59 Å². The number of carbonyl (C=O) groups excluding carboxylic acids is 1. The van der Waals surface area contributed by atoms with E-state index in [1.807, 2.05) is 10.6 Å². The Labute approximate surface area is 190 Å². The second kappa shape index (κ2) is 8.94. The van der Waals surface area contributed by atoms with E-state index in [2.05, 4.69) is 0 Å². The summed E-state index contributed by atoms with van der Waals surface area (Å²) < 4.78 is 35.9. The summed E-state index contributed by atoms with van der Waals surface area (Å²) in [6, 6.07) is 11.1. The maximum Gasteiger partial charge on any atom is 0.311 e. The molecule has 0 bridgehead atoms. The number of rotatable bonds is 7. The first-order chi connectivity index (χ1) is 15.7. The fourth-order valence-corrected chi connectivity index (χ4v) is 4.20. The lowest BCUT2D eigenvalue weighted by atomic mass is 9.95. The van der Waals surface area contributed by atoms with Crippen molar-refractivity contribution in [1.29, 1.82) is 0 Å². The van der Waals surface area contributed by atoms with Crippen molar-refractivity contribution in [3.05, 3.63) is 70.9 Å². The lowest BCUT2D eigenvalue weighted by Gasteiger charge is -2.29. The van der Waals surface area contributed by atoms with E-state index in [1.165, 1.54) is 32.0 Å². The number of para-hydroxylation sites is 1. The first-order valence-corrected chi connectivity index (χ1v) is 10.8. The van der Waals surface area contributed by atoms with Gasteiger partial charge in [-0.2, -0.15) is 0 Å². The summed E-state index contributed by atoms with van der Waals surface area (Å²) >= 11 is 0. The standard InChI is InChI=1S/C25H26F2N2O4/c1-25(2,24(31)32)15-33-14-22(30)28-10-9-18-19-7-4-8-20(27)23(19)29(21(18)13-28)12-16-5-3-6-17(26)11-16/h3-8,11H,9-10,12-15H2,1-2H3,(H,31,32). The Morgan fingerprint density at radius 2 is 1.91 bits per heavy atom. The molecular weight excluding hydrogens is 430 g/mol. The number of amides is 1. The van der Waals surface area contributed by atoms with E-state index in [0.29, 0.717) is 24.0 Å². The fraction of sp³-hybridized carbons (Fsp3) is 0.360. The minimum absolute atomic E-state index is 0.0851. The van der Waals surface area contributed by atoms with Gasteiger partial charge in [0.25, 0.3) is 0 Å². The summed E-state index contributed by atoms with van der Waals surface area (Å²) in [7, 11) is 0. The summed E-state index contributed by atoms with van der Waals surface area (Å²) in [6.07, 6.45) is 0.553. The van der Waals surface area contributed by atoms with Crippen molar-refractivity contribution in [2.24, 2.45) is 5.41 Å². The van der Waals surface area contributed by atoms with Crippen LogP contribution in [0.5, 0.6) is 0 Å². The highest BCUT2D eigenvalue weighted by Crippen LogP contribution is 2.33. The average molecular weight is 456 g/mol. The summed E-state index contributed by atoms with van der Waals surface area (Å²) in [5, 5.41) is 9.99. The molecule has 1 aromatic heterocycles. The van der Waals surface area contributed by atoms with Crippen LogP contribution in [-0.4, -0.2) is 46.2 Å². The van der Waals surface area contributed by atoms with E-state index in [1.54, 1.807) is 23.1 Å². The quantitative estimate of drug-likeness (QED) is 0.584. The average Bonchev–Trinajstić information content (AvgIpc) is 3.07. The van der Waals surface area contributed by atoms with Gasteiger partial charge in [0.05, 0.1) is 24.1 Å². The number of ether oxygens (including phenoxy) is 1. The van der Waals surface area contributed by atoms with Crippen LogP contribution in [0.25, 0.3) is 10.9 Å². The van der Waals surface area contributed by atoms with Crippen molar-refractivity contribution in [1.82, 2.24) is 9.47 Å². The molecule has 33 heavy (non-hydrogen) atoms.